The standard InChI is InChI=1S/C32H63NO4S2/c1-5-7-9-15-31(16-10-8-6-2)20-24-37-32(35)29-39-26-12-11-17-30(18-13-21-33(3)4)19-14-23-36-25-28-38-27-22-34/h22,30-31H,5-21,23-29H2,1-4H3. The van der Waals surface area contributed by atoms with Crippen LogP contribution in [0.25, 0.3) is 0 Å². The highest BCUT2D eigenvalue weighted by Gasteiger charge is 2.12. The van der Waals surface area contributed by atoms with E-state index >= 15 is 0 Å². The van der Waals surface area contributed by atoms with E-state index in [1.54, 1.807) is 23.5 Å². The average molecular weight is 590 g/mol. The van der Waals surface area contributed by atoms with Gasteiger partial charge in [0.05, 0.1) is 19.0 Å². The number of rotatable bonds is 31. The minimum Gasteiger partial charge on any atom is -0.465 e. The van der Waals surface area contributed by atoms with Crippen LogP contribution in [0.5, 0.6) is 0 Å². The molecule has 0 aliphatic heterocycles. The number of hydrogen-bond donors (Lipinski definition) is 0. The van der Waals surface area contributed by atoms with Crippen LogP contribution in [0, 0.1) is 11.8 Å². The van der Waals surface area contributed by atoms with Gasteiger partial charge in [-0.1, -0.05) is 78.1 Å². The SMILES string of the molecule is CCCCCC(CCCCC)CCOC(=O)CSCCCCC(CCCOCCSCC=O)CCCN(C)C. The molecule has 7 heteroatoms. The molecule has 0 aliphatic rings. The maximum atomic E-state index is 12.2. The second-order valence-corrected chi connectivity index (χ2v) is 13.5. The Morgan fingerprint density at radius 1 is 0.718 bits per heavy atom. The maximum absolute atomic E-state index is 12.2. The molecular formula is C32H63NO4S2. The molecule has 1 atom stereocenters. The fraction of sp³-hybridized carbons (Fsp3) is 0.938. The van der Waals surface area contributed by atoms with Gasteiger partial charge in [0.2, 0.25) is 0 Å². The van der Waals surface area contributed by atoms with Crippen molar-refractivity contribution in [1.82, 2.24) is 4.90 Å². The lowest BCUT2D eigenvalue weighted by Crippen LogP contribution is -2.14. The quantitative estimate of drug-likeness (QED) is 0.0458. The highest BCUT2D eigenvalue weighted by Crippen LogP contribution is 2.23. The molecule has 0 spiro atoms. The van der Waals surface area contributed by atoms with Crippen LogP contribution in [0.4, 0.5) is 0 Å². The molecule has 0 fully saturated rings. The van der Waals surface area contributed by atoms with Crippen molar-refractivity contribution in [2.45, 2.75) is 117 Å². The number of hydrogen-bond acceptors (Lipinski definition) is 7. The molecule has 0 N–H and O–H groups in total. The van der Waals surface area contributed by atoms with Crippen molar-refractivity contribution in [3.05, 3.63) is 0 Å². The van der Waals surface area contributed by atoms with Crippen molar-refractivity contribution in [2.75, 3.05) is 63.5 Å². The smallest absolute Gasteiger partial charge is 0.315 e. The third-order valence-corrected chi connectivity index (χ3v) is 9.11. The lowest BCUT2D eigenvalue weighted by Gasteiger charge is -2.18. The summed E-state index contributed by atoms with van der Waals surface area (Å²) in [5, 5.41) is 0. The minimum atomic E-state index is -0.0352. The number of thioether (sulfide) groups is 2. The summed E-state index contributed by atoms with van der Waals surface area (Å²) in [6.45, 7) is 7.82. The molecule has 0 aliphatic carbocycles. The number of nitrogens with zero attached hydrogens (tertiary/aromatic N) is 1. The van der Waals surface area contributed by atoms with E-state index in [1.165, 1.54) is 89.9 Å². The normalized spacial score (nSPS) is 12.4. The Morgan fingerprint density at radius 2 is 1.33 bits per heavy atom. The molecule has 0 saturated carbocycles. The molecule has 0 bridgehead atoms. The monoisotopic (exact) mass is 589 g/mol. The molecule has 0 heterocycles. The highest BCUT2D eigenvalue weighted by atomic mass is 32.2. The summed E-state index contributed by atoms with van der Waals surface area (Å²) < 4.78 is 11.3. The van der Waals surface area contributed by atoms with Crippen molar-refractivity contribution < 1.29 is 19.1 Å². The van der Waals surface area contributed by atoms with Gasteiger partial charge < -0.3 is 19.2 Å². The third kappa shape index (κ3) is 29.1. The molecule has 0 aromatic rings. The molecule has 39 heavy (non-hydrogen) atoms. The van der Waals surface area contributed by atoms with Crippen LogP contribution in [0.1, 0.15) is 117 Å². The molecule has 0 amide bonds. The summed E-state index contributed by atoms with van der Waals surface area (Å²) in [5.41, 5.74) is 0. The first-order valence-electron chi connectivity index (χ1n) is 16.0. The van der Waals surface area contributed by atoms with Crippen LogP contribution in [-0.2, 0) is 19.1 Å². The predicted octanol–water partition coefficient (Wildman–Crippen LogP) is 8.29. The Morgan fingerprint density at radius 3 is 1.97 bits per heavy atom. The van der Waals surface area contributed by atoms with E-state index in [2.05, 4.69) is 32.8 Å². The van der Waals surface area contributed by atoms with Gasteiger partial charge in [0, 0.05) is 18.1 Å². The first kappa shape index (κ1) is 38.8. The number of carbonyl (C=O) groups excluding carboxylic acids is 2. The number of ether oxygens (including phenoxy) is 2. The van der Waals surface area contributed by atoms with E-state index in [0.29, 0.717) is 24.0 Å². The molecule has 0 saturated heterocycles. The van der Waals surface area contributed by atoms with E-state index < -0.39 is 0 Å². The number of esters is 1. The topological polar surface area (TPSA) is 55.8 Å². The second kappa shape index (κ2) is 30.7. The van der Waals surface area contributed by atoms with Gasteiger partial charge in [-0.2, -0.15) is 23.5 Å². The van der Waals surface area contributed by atoms with Gasteiger partial charge in [-0.15, -0.1) is 0 Å². The van der Waals surface area contributed by atoms with Gasteiger partial charge >= 0.3 is 5.97 Å². The molecule has 0 radical (unpaired) electrons. The van der Waals surface area contributed by atoms with Crippen molar-refractivity contribution >= 4 is 35.8 Å². The molecule has 5 nitrogen and oxygen atoms in total. The summed E-state index contributed by atoms with van der Waals surface area (Å²) in [6, 6.07) is 0. The van der Waals surface area contributed by atoms with Gasteiger partial charge in [0.1, 0.15) is 6.29 Å². The van der Waals surface area contributed by atoms with E-state index in [9.17, 15) is 9.59 Å². The lowest BCUT2D eigenvalue weighted by molar-refractivity contribution is -0.140. The summed E-state index contributed by atoms with van der Waals surface area (Å²) in [6.07, 6.45) is 20.9. The van der Waals surface area contributed by atoms with Gasteiger partial charge in [-0.25, -0.2) is 0 Å². The largest absolute Gasteiger partial charge is 0.465 e. The first-order valence-corrected chi connectivity index (χ1v) is 18.3. The molecular weight excluding hydrogens is 526 g/mol. The Hall–Kier alpha value is -0.240. The van der Waals surface area contributed by atoms with Crippen molar-refractivity contribution in [2.24, 2.45) is 11.8 Å². The number of carbonyl (C=O) groups is 2. The van der Waals surface area contributed by atoms with Crippen LogP contribution in [0.2, 0.25) is 0 Å². The fourth-order valence-corrected chi connectivity index (χ4v) is 6.23. The minimum absolute atomic E-state index is 0.0352. The van der Waals surface area contributed by atoms with Crippen LogP contribution in [-0.4, -0.2) is 80.6 Å². The molecule has 1 unspecified atom stereocenters. The van der Waals surface area contributed by atoms with Crippen LogP contribution < -0.4 is 0 Å². The zero-order valence-electron chi connectivity index (χ0n) is 26.1. The van der Waals surface area contributed by atoms with Crippen molar-refractivity contribution in [1.29, 1.82) is 0 Å². The zero-order valence-corrected chi connectivity index (χ0v) is 27.7. The summed E-state index contributed by atoms with van der Waals surface area (Å²) in [7, 11) is 4.29. The zero-order chi connectivity index (χ0) is 28.8. The summed E-state index contributed by atoms with van der Waals surface area (Å²) >= 11 is 3.37. The van der Waals surface area contributed by atoms with Gasteiger partial charge in [-0.3, -0.25) is 4.79 Å². The molecule has 232 valence electrons. The van der Waals surface area contributed by atoms with Gasteiger partial charge in [0.25, 0.3) is 0 Å². The van der Waals surface area contributed by atoms with Crippen LogP contribution in [0.3, 0.4) is 0 Å². The average Bonchev–Trinajstić information content (AvgIpc) is 2.91. The van der Waals surface area contributed by atoms with Crippen LogP contribution in [0.15, 0.2) is 0 Å². The van der Waals surface area contributed by atoms with Gasteiger partial charge in [0.15, 0.2) is 0 Å². The lowest BCUT2D eigenvalue weighted by atomic mass is 9.92. The third-order valence-electron chi connectivity index (χ3n) is 7.27. The molecule has 0 rings (SSSR count). The maximum Gasteiger partial charge on any atom is 0.315 e. The van der Waals surface area contributed by atoms with E-state index in [1.807, 2.05) is 0 Å². The van der Waals surface area contributed by atoms with E-state index in [0.717, 1.165) is 56.3 Å². The number of aldehydes is 1. The Bertz CT molecular complexity index is 526. The van der Waals surface area contributed by atoms with Gasteiger partial charge in [-0.05, 0) is 76.8 Å². The summed E-state index contributed by atoms with van der Waals surface area (Å²) in [4.78, 5) is 24.9. The second-order valence-electron chi connectivity index (χ2n) is 11.2. The molecule has 0 aromatic carbocycles. The fourth-order valence-electron chi connectivity index (χ4n) is 4.93. The van der Waals surface area contributed by atoms with E-state index in [-0.39, 0.29) is 5.97 Å². The van der Waals surface area contributed by atoms with Crippen molar-refractivity contribution in [3.8, 4) is 0 Å². The van der Waals surface area contributed by atoms with Crippen molar-refractivity contribution in [3.63, 3.8) is 0 Å². The van der Waals surface area contributed by atoms with E-state index in [4.69, 9.17) is 9.47 Å². The highest BCUT2D eigenvalue weighted by molar-refractivity contribution is 8.00. The molecule has 0 aromatic heterocycles. The first-order chi connectivity index (χ1) is 19.0. The van der Waals surface area contributed by atoms with Crippen LogP contribution >= 0.6 is 23.5 Å². The summed E-state index contributed by atoms with van der Waals surface area (Å²) in [5.74, 6) is 4.43. The Balaban J connectivity index is 4.02. The number of unbranched alkanes of at least 4 members (excludes halogenated alkanes) is 5. The Labute approximate surface area is 251 Å². The predicted molar refractivity (Wildman–Crippen MR) is 173 cm³/mol. The Kier molecular flexibility index (Phi) is 30.5.